The number of ether oxygens (including phenoxy) is 1. The molecule has 0 spiro atoms. The highest BCUT2D eigenvalue weighted by molar-refractivity contribution is 5.98. The van der Waals surface area contributed by atoms with Crippen molar-refractivity contribution in [3.05, 3.63) is 24.3 Å². The fourth-order valence-electron chi connectivity index (χ4n) is 2.76. The Labute approximate surface area is 138 Å². The number of carbonyl (C=O) groups is 2. The highest BCUT2D eigenvalue weighted by Crippen LogP contribution is 2.26. The largest absolute Gasteiger partial charge is 0.481 e. The summed E-state index contributed by atoms with van der Waals surface area (Å²) >= 11 is 0. The molecule has 1 aromatic rings. The maximum absolute atomic E-state index is 12.7. The number of hydrogen-bond donors (Lipinski definition) is 1. The van der Waals surface area contributed by atoms with Crippen LogP contribution >= 0.6 is 0 Å². The van der Waals surface area contributed by atoms with E-state index in [1.165, 1.54) is 12.1 Å². The third-order valence-corrected chi connectivity index (χ3v) is 3.99. The molecule has 0 aliphatic carbocycles. The first-order chi connectivity index (χ1) is 11.4. The van der Waals surface area contributed by atoms with E-state index >= 15 is 0 Å². The number of aliphatic carboxylic acids is 1. The maximum Gasteiger partial charge on any atom is 0.387 e. The molecule has 132 valence electrons. The van der Waals surface area contributed by atoms with Crippen molar-refractivity contribution in [3.63, 3.8) is 0 Å². The molecule has 6 nitrogen and oxygen atoms in total. The summed E-state index contributed by atoms with van der Waals surface area (Å²) in [6.07, 6.45) is 1.42. The van der Waals surface area contributed by atoms with E-state index in [4.69, 9.17) is 5.11 Å². The normalized spacial score (nSPS) is 18.3. The lowest BCUT2D eigenvalue weighted by Crippen LogP contribution is -2.51. The van der Waals surface area contributed by atoms with Crippen LogP contribution in [0.4, 0.5) is 14.5 Å². The van der Waals surface area contributed by atoms with Crippen molar-refractivity contribution < 1.29 is 28.2 Å². The lowest BCUT2D eigenvalue weighted by atomic mass is 10.0. The SMILES string of the molecule is CN(CCC(=O)O)C1CCCN(c2ccc(OC(F)F)cc2)C1=O. The monoisotopic (exact) mass is 342 g/mol. The highest BCUT2D eigenvalue weighted by atomic mass is 19.3. The molecule has 2 rings (SSSR count). The Bertz CT molecular complexity index is 580. The molecule has 1 fully saturated rings. The Balaban J connectivity index is 2.05. The summed E-state index contributed by atoms with van der Waals surface area (Å²) in [5, 5.41) is 8.76. The first-order valence-corrected chi connectivity index (χ1v) is 7.67. The smallest absolute Gasteiger partial charge is 0.387 e. The van der Waals surface area contributed by atoms with E-state index in [1.807, 2.05) is 0 Å². The van der Waals surface area contributed by atoms with Crippen LogP contribution in [0, 0.1) is 0 Å². The summed E-state index contributed by atoms with van der Waals surface area (Å²) in [5.41, 5.74) is 0.609. The minimum Gasteiger partial charge on any atom is -0.481 e. The molecule has 8 heteroatoms. The fourth-order valence-corrected chi connectivity index (χ4v) is 2.76. The fraction of sp³-hybridized carbons (Fsp3) is 0.500. The van der Waals surface area contributed by atoms with Gasteiger partial charge in [0.1, 0.15) is 5.75 Å². The number of benzene rings is 1. The van der Waals surface area contributed by atoms with Crippen LogP contribution in [-0.4, -0.2) is 54.7 Å². The summed E-state index contributed by atoms with van der Waals surface area (Å²) in [4.78, 5) is 26.7. The van der Waals surface area contributed by atoms with Gasteiger partial charge in [-0.2, -0.15) is 8.78 Å². The quantitative estimate of drug-likeness (QED) is 0.822. The Kier molecular flexibility index (Phi) is 6.08. The van der Waals surface area contributed by atoms with Crippen LogP contribution in [0.2, 0.25) is 0 Å². The van der Waals surface area contributed by atoms with E-state index < -0.39 is 12.6 Å². The third-order valence-electron chi connectivity index (χ3n) is 3.99. The molecule has 0 saturated carbocycles. The molecular weight excluding hydrogens is 322 g/mol. The van der Waals surface area contributed by atoms with Gasteiger partial charge in [-0.1, -0.05) is 0 Å². The molecule has 1 amide bonds. The second kappa shape index (κ2) is 8.05. The average Bonchev–Trinajstić information content (AvgIpc) is 2.53. The molecule has 1 N–H and O–H groups in total. The number of piperidine rings is 1. The number of amides is 1. The first-order valence-electron chi connectivity index (χ1n) is 7.67. The van der Waals surface area contributed by atoms with Crippen molar-refractivity contribution in [1.82, 2.24) is 4.90 Å². The van der Waals surface area contributed by atoms with E-state index in [1.54, 1.807) is 29.0 Å². The van der Waals surface area contributed by atoms with Crippen molar-refractivity contribution in [2.45, 2.75) is 31.9 Å². The number of hydrogen-bond acceptors (Lipinski definition) is 4. The molecule has 24 heavy (non-hydrogen) atoms. The number of carbonyl (C=O) groups excluding carboxylic acids is 1. The van der Waals surface area contributed by atoms with Crippen LogP contribution in [0.25, 0.3) is 0 Å². The molecular formula is C16H20F2N2O4. The number of carboxylic acids is 1. The summed E-state index contributed by atoms with van der Waals surface area (Å²) in [7, 11) is 1.73. The molecule has 1 heterocycles. The van der Waals surface area contributed by atoms with E-state index in [0.29, 0.717) is 25.2 Å². The van der Waals surface area contributed by atoms with Crippen molar-refractivity contribution in [2.75, 3.05) is 25.0 Å². The van der Waals surface area contributed by atoms with Gasteiger partial charge in [0.25, 0.3) is 0 Å². The second-order valence-corrected chi connectivity index (χ2v) is 5.64. The molecule has 1 saturated heterocycles. The molecule has 1 aliphatic rings. The summed E-state index contributed by atoms with van der Waals surface area (Å²) < 4.78 is 28.6. The van der Waals surface area contributed by atoms with Gasteiger partial charge in [0.2, 0.25) is 5.91 Å². The van der Waals surface area contributed by atoms with Crippen LogP contribution in [0.5, 0.6) is 5.75 Å². The van der Waals surface area contributed by atoms with E-state index in [-0.39, 0.29) is 24.1 Å². The van der Waals surface area contributed by atoms with E-state index in [0.717, 1.165) is 6.42 Å². The lowest BCUT2D eigenvalue weighted by molar-refractivity contribution is -0.138. The van der Waals surface area contributed by atoms with Gasteiger partial charge in [0.05, 0.1) is 12.5 Å². The van der Waals surface area contributed by atoms with Gasteiger partial charge in [-0.15, -0.1) is 0 Å². The summed E-state index contributed by atoms with van der Waals surface area (Å²) in [5.74, 6) is -0.985. The number of anilines is 1. The van der Waals surface area contributed by atoms with Crippen LogP contribution in [0.1, 0.15) is 19.3 Å². The Morgan fingerprint density at radius 2 is 2.08 bits per heavy atom. The highest BCUT2D eigenvalue weighted by Gasteiger charge is 2.32. The van der Waals surface area contributed by atoms with E-state index in [9.17, 15) is 18.4 Å². The maximum atomic E-state index is 12.7. The molecule has 0 aromatic heterocycles. The van der Waals surface area contributed by atoms with Gasteiger partial charge in [0.15, 0.2) is 0 Å². The van der Waals surface area contributed by atoms with E-state index in [2.05, 4.69) is 4.74 Å². The van der Waals surface area contributed by atoms with Crippen molar-refractivity contribution >= 4 is 17.6 Å². The molecule has 1 aliphatic heterocycles. The van der Waals surface area contributed by atoms with Crippen molar-refractivity contribution in [3.8, 4) is 5.75 Å². The van der Waals surface area contributed by atoms with Crippen LogP contribution in [0.15, 0.2) is 24.3 Å². The lowest BCUT2D eigenvalue weighted by Gasteiger charge is -2.36. The zero-order chi connectivity index (χ0) is 17.7. The van der Waals surface area contributed by atoms with Gasteiger partial charge in [0, 0.05) is 18.8 Å². The van der Waals surface area contributed by atoms with Gasteiger partial charge < -0.3 is 14.7 Å². The second-order valence-electron chi connectivity index (χ2n) is 5.64. The zero-order valence-electron chi connectivity index (χ0n) is 13.3. The van der Waals surface area contributed by atoms with Crippen LogP contribution in [0.3, 0.4) is 0 Å². The average molecular weight is 342 g/mol. The Hall–Kier alpha value is -2.22. The first kappa shape index (κ1) is 18.1. The minimum absolute atomic E-state index is 0.0278. The van der Waals surface area contributed by atoms with Crippen molar-refractivity contribution in [2.24, 2.45) is 0 Å². The number of alkyl halides is 2. The molecule has 0 radical (unpaired) electrons. The van der Waals surface area contributed by atoms with Gasteiger partial charge >= 0.3 is 12.6 Å². The number of nitrogens with zero attached hydrogens (tertiary/aromatic N) is 2. The van der Waals surface area contributed by atoms with Gasteiger partial charge in [-0.3, -0.25) is 14.5 Å². The number of likely N-dealkylation sites (N-methyl/N-ethyl adjacent to an activating group) is 1. The standard InChI is InChI=1S/C16H20F2N2O4/c1-19(10-8-14(21)22)13-3-2-9-20(15(13)23)11-4-6-12(7-5-11)24-16(17)18/h4-7,13,16H,2-3,8-10H2,1H3,(H,21,22). The predicted molar refractivity (Wildman–Crippen MR) is 83.3 cm³/mol. The molecule has 1 unspecified atom stereocenters. The zero-order valence-corrected chi connectivity index (χ0v) is 13.3. The van der Waals surface area contributed by atoms with Crippen LogP contribution in [-0.2, 0) is 9.59 Å². The number of carboxylic acid groups (broad SMARTS) is 1. The number of halogens is 2. The third kappa shape index (κ3) is 4.64. The topological polar surface area (TPSA) is 70.1 Å². The Morgan fingerprint density at radius 3 is 2.67 bits per heavy atom. The summed E-state index contributed by atoms with van der Waals surface area (Å²) in [6, 6.07) is 5.54. The molecule has 0 bridgehead atoms. The predicted octanol–water partition coefficient (Wildman–Crippen LogP) is 2.19. The molecule has 1 atom stereocenters. The van der Waals surface area contributed by atoms with Crippen molar-refractivity contribution in [1.29, 1.82) is 0 Å². The van der Waals surface area contributed by atoms with Gasteiger partial charge in [-0.05, 0) is 44.2 Å². The minimum atomic E-state index is -2.89. The number of rotatable bonds is 7. The van der Waals surface area contributed by atoms with Gasteiger partial charge in [-0.25, -0.2) is 0 Å². The van der Waals surface area contributed by atoms with Crippen LogP contribution < -0.4 is 9.64 Å². The molecule has 1 aromatic carbocycles. The Morgan fingerprint density at radius 1 is 1.42 bits per heavy atom. The summed E-state index contributed by atoms with van der Waals surface area (Å²) in [6.45, 7) is -2.06.